The van der Waals surface area contributed by atoms with Gasteiger partial charge >= 0.3 is 0 Å². The van der Waals surface area contributed by atoms with Gasteiger partial charge in [0.1, 0.15) is 12.4 Å². The fraction of sp³-hybridized carbons (Fsp3) is 0.167. The van der Waals surface area contributed by atoms with Crippen LogP contribution in [0.1, 0.15) is 12.0 Å². The Morgan fingerprint density at radius 3 is 2.58 bits per heavy atom. The lowest BCUT2D eigenvalue weighted by molar-refractivity contribution is -0.125. The van der Waals surface area contributed by atoms with Gasteiger partial charge in [-0.15, -0.1) is 0 Å². The molecule has 1 aliphatic rings. The summed E-state index contributed by atoms with van der Waals surface area (Å²) in [6, 6.07) is 20.0. The number of rotatable bonds is 7. The molecular weight excluding hydrogens is 529 g/mol. The Morgan fingerprint density at radius 2 is 1.82 bits per heavy atom. The first-order chi connectivity index (χ1) is 15.9. The van der Waals surface area contributed by atoms with E-state index in [1.165, 1.54) is 0 Å². The molecule has 0 bridgehead atoms. The summed E-state index contributed by atoms with van der Waals surface area (Å²) in [5, 5.41) is 0.939. The monoisotopic (exact) mass is 547 g/mol. The zero-order chi connectivity index (χ0) is 23.4. The summed E-state index contributed by atoms with van der Waals surface area (Å²) in [6.07, 6.45) is 0.152. The predicted molar refractivity (Wildman–Crippen MR) is 134 cm³/mol. The van der Waals surface area contributed by atoms with Gasteiger partial charge in [-0.05, 0) is 54.1 Å². The molecule has 3 aromatic carbocycles. The lowest BCUT2D eigenvalue weighted by atomic mass is 10.1. The zero-order valence-corrected chi connectivity index (χ0v) is 20.5. The molecule has 33 heavy (non-hydrogen) atoms. The second-order valence-corrected chi connectivity index (χ2v) is 9.26. The Hall–Kier alpha value is -2.74. The molecular formula is C24H20BrCl2N3O3. The topological polar surface area (TPSA) is 70.7 Å². The molecule has 1 fully saturated rings. The van der Waals surface area contributed by atoms with E-state index < -0.39 is 5.92 Å². The minimum atomic E-state index is -0.460. The normalized spacial score (nSPS) is 15.4. The number of benzene rings is 3. The number of carbonyl (C=O) groups excluding carboxylic acids is 2. The number of ether oxygens (including phenoxy) is 1. The molecule has 0 aromatic heterocycles. The lowest BCUT2D eigenvalue weighted by Gasteiger charge is -2.18. The average Bonchev–Trinajstić information content (AvgIpc) is 3.21. The van der Waals surface area contributed by atoms with Crippen LogP contribution in [0.15, 0.2) is 71.2 Å². The Bertz CT molecular complexity index is 1170. The van der Waals surface area contributed by atoms with Crippen LogP contribution in [0.4, 0.5) is 11.4 Å². The van der Waals surface area contributed by atoms with Gasteiger partial charge in [0.25, 0.3) is 0 Å². The maximum atomic E-state index is 12.7. The molecule has 2 amide bonds. The van der Waals surface area contributed by atoms with Crippen LogP contribution in [-0.2, 0) is 16.2 Å². The third-order valence-corrected chi connectivity index (χ3v) is 6.49. The maximum absolute atomic E-state index is 12.7. The number of hydrazine groups is 1. The van der Waals surface area contributed by atoms with Crippen molar-refractivity contribution < 1.29 is 14.3 Å². The van der Waals surface area contributed by atoms with Gasteiger partial charge in [0, 0.05) is 23.1 Å². The number of nitrogens with zero attached hydrogens (tertiary/aromatic N) is 1. The molecule has 1 heterocycles. The van der Waals surface area contributed by atoms with Gasteiger partial charge in [-0.3, -0.25) is 20.4 Å². The van der Waals surface area contributed by atoms with Crippen LogP contribution in [0.2, 0.25) is 10.0 Å². The first-order valence-electron chi connectivity index (χ1n) is 10.2. The van der Waals surface area contributed by atoms with E-state index in [1.54, 1.807) is 29.2 Å². The van der Waals surface area contributed by atoms with E-state index >= 15 is 0 Å². The van der Waals surface area contributed by atoms with Gasteiger partial charge in [-0.1, -0.05) is 57.3 Å². The molecule has 0 unspecified atom stereocenters. The van der Waals surface area contributed by atoms with Crippen molar-refractivity contribution in [1.82, 2.24) is 5.43 Å². The van der Waals surface area contributed by atoms with Gasteiger partial charge in [0.15, 0.2) is 0 Å². The van der Waals surface area contributed by atoms with Gasteiger partial charge in [-0.2, -0.15) is 0 Å². The summed E-state index contributed by atoms with van der Waals surface area (Å²) in [5.74, 6) is -0.245. The highest BCUT2D eigenvalue weighted by Crippen LogP contribution is 2.28. The SMILES string of the molecule is O=C(NNc1ccccc1OCc1ccc(Cl)c(Cl)c1)[C@H]1CC(=O)N(c2ccc(Br)cc2)C1. The van der Waals surface area contributed by atoms with Gasteiger partial charge < -0.3 is 9.64 Å². The number of anilines is 2. The highest BCUT2D eigenvalue weighted by atomic mass is 79.9. The van der Waals surface area contributed by atoms with Crippen molar-refractivity contribution in [2.45, 2.75) is 13.0 Å². The van der Waals surface area contributed by atoms with Crippen molar-refractivity contribution in [3.05, 3.63) is 86.8 Å². The van der Waals surface area contributed by atoms with E-state index in [-0.39, 0.29) is 24.8 Å². The van der Waals surface area contributed by atoms with Crippen LogP contribution in [0.25, 0.3) is 0 Å². The Morgan fingerprint density at radius 1 is 1.06 bits per heavy atom. The van der Waals surface area contributed by atoms with Crippen molar-refractivity contribution in [2.24, 2.45) is 5.92 Å². The molecule has 0 saturated carbocycles. The molecule has 0 aliphatic carbocycles. The molecule has 6 nitrogen and oxygen atoms in total. The predicted octanol–water partition coefficient (Wildman–Crippen LogP) is 5.83. The first kappa shape index (κ1) is 23.4. The molecule has 0 spiro atoms. The summed E-state index contributed by atoms with van der Waals surface area (Å²) in [4.78, 5) is 26.8. The summed E-state index contributed by atoms with van der Waals surface area (Å²) >= 11 is 15.4. The quantitative estimate of drug-likeness (QED) is 0.364. The largest absolute Gasteiger partial charge is 0.487 e. The second-order valence-electron chi connectivity index (χ2n) is 7.53. The van der Waals surface area contributed by atoms with E-state index in [4.69, 9.17) is 27.9 Å². The van der Waals surface area contributed by atoms with E-state index in [0.717, 1.165) is 15.7 Å². The molecule has 9 heteroatoms. The number of hydrogen-bond donors (Lipinski definition) is 2. The van der Waals surface area contributed by atoms with Crippen molar-refractivity contribution >= 4 is 62.3 Å². The number of amides is 2. The Balaban J connectivity index is 1.35. The third kappa shape index (κ3) is 5.79. The number of hydrogen-bond acceptors (Lipinski definition) is 4. The third-order valence-electron chi connectivity index (χ3n) is 5.22. The van der Waals surface area contributed by atoms with Gasteiger partial charge in [0.05, 0.1) is 21.7 Å². The highest BCUT2D eigenvalue weighted by Gasteiger charge is 2.35. The zero-order valence-electron chi connectivity index (χ0n) is 17.4. The van der Waals surface area contributed by atoms with Crippen molar-refractivity contribution in [1.29, 1.82) is 0 Å². The molecule has 1 saturated heterocycles. The van der Waals surface area contributed by atoms with Crippen molar-refractivity contribution in [3.63, 3.8) is 0 Å². The Labute approximate surface area is 209 Å². The minimum Gasteiger partial charge on any atom is -0.487 e. The molecule has 0 radical (unpaired) electrons. The number of carbonyl (C=O) groups is 2. The van der Waals surface area contributed by atoms with Crippen molar-refractivity contribution in [3.8, 4) is 5.75 Å². The number of halogens is 3. The standard InChI is InChI=1S/C24H20BrCl2N3O3/c25-17-6-8-18(9-7-17)30-13-16(12-23(30)31)24(32)29-28-21-3-1-2-4-22(21)33-14-15-5-10-19(26)20(27)11-15/h1-11,16,28H,12-14H2,(H,29,32)/t16-/m0/s1. The lowest BCUT2D eigenvalue weighted by Crippen LogP contribution is -2.36. The summed E-state index contributed by atoms with van der Waals surface area (Å²) < 4.78 is 6.82. The molecule has 3 aromatic rings. The first-order valence-corrected chi connectivity index (χ1v) is 11.7. The molecule has 4 rings (SSSR count). The number of nitrogens with one attached hydrogen (secondary N) is 2. The molecule has 1 atom stereocenters. The van der Waals surface area contributed by atoms with E-state index in [2.05, 4.69) is 26.8 Å². The average molecular weight is 549 g/mol. The highest BCUT2D eigenvalue weighted by molar-refractivity contribution is 9.10. The van der Waals surface area contributed by atoms with Crippen LogP contribution in [-0.4, -0.2) is 18.4 Å². The van der Waals surface area contributed by atoms with E-state index in [9.17, 15) is 9.59 Å². The van der Waals surface area contributed by atoms with Crippen LogP contribution in [0, 0.1) is 5.92 Å². The van der Waals surface area contributed by atoms with E-state index in [1.807, 2.05) is 42.5 Å². The summed E-state index contributed by atoms with van der Waals surface area (Å²) in [6.45, 7) is 0.603. The summed E-state index contributed by atoms with van der Waals surface area (Å²) in [5.41, 5.74) is 7.85. The van der Waals surface area contributed by atoms with Crippen LogP contribution in [0.3, 0.4) is 0 Å². The fourth-order valence-electron chi connectivity index (χ4n) is 3.47. The molecule has 1 aliphatic heterocycles. The van der Waals surface area contributed by atoms with E-state index in [0.29, 0.717) is 28.0 Å². The fourth-order valence-corrected chi connectivity index (χ4v) is 4.06. The summed E-state index contributed by atoms with van der Waals surface area (Å²) in [7, 11) is 0. The van der Waals surface area contributed by atoms with Gasteiger partial charge in [0.2, 0.25) is 11.8 Å². The maximum Gasteiger partial charge on any atom is 0.243 e. The van der Waals surface area contributed by atoms with Crippen LogP contribution >= 0.6 is 39.1 Å². The molecule has 170 valence electrons. The van der Waals surface area contributed by atoms with Crippen LogP contribution in [0.5, 0.6) is 5.75 Å². The second kappa shape index (κ2) is 10.5. The molecule has 2 N–H and O–H groups in total. The number of para-hydroxylation sites is 2. The van der Waals surface area contributed by atoms with Crippen molar-refractivity contribution in [2.75, 3.05) is 16.9 Å². The Kier molecular flexibility index (Phi) is 7.42. The van der Waals surface area contributed by atoms with Gasteiger partial charge in [-0.25, -0.2) is 0 Å². The minimum absolute atomic E-state index is 0.0807. The smallest absolute Gasteiger partial charge is 0.243 e. The van der Waals surface area contributed by atoms with Crippen LogP contribution < -0.4 is 20.5 Å².